The van der Waals surface area contributed by atoms with E-state index in [1.807, 2.05) is 0 Å². The normalized spacial score (nSPS) is 13.1. The fraction of sp³-hybridized carbons (Fsp3) is 0.235. The summed E-state index contributed by atoms with van der Waals surface area (Å²) in [7, 11) is 0. The number of rotatable bonds is 3. The standard InChI is InChI=1S/C17H13F5N2O/c1-8(25)24-5-4-9-2-3-10(6-12(9)24)23-7-11-13(18)15(20)17(22)16(21)14(11)19/h2-3,6,23H,4-5,7H2,1H3. The molecule has 0 saturated heterocycles. The molecule has 2 aromatic rings. The smallest absolute Gasteiger partial charge is 0.223 e. The van der Waals surface area contributed by atoms with Crippen LogP contribution >= 0.6 is 0 Å². The van der Waals surface area contributed by atoms with Crippen LogP contribution in [0.2, 0.25) is 0 Å². The summed E-state index contributed by atoms with van der Waals surface area (Å²) in [4.78, 5) is 13.1. The molecular weight excluding hydrogens is 343 g/mol. The maximum Gasteiger partial charge on any atom is 0.223 e. The Morgan fingerprint density at radius 1 is 1.04 bits per heavy atom. The van der Waals surface area contributed by atoms with E-state index in [0.717, 1.165) is 5.56 Å². The van der Waals surface area contributed by atoms with Gasteiger partial charge in [0.1, 0.15) is 0 Å². The summed E-state index contributed by atoms with van der Waals surface area (Å²) in [6, 6.07) is 4.98. The van der Waals surface area contributed by atoms with Gasteiger partial charge in [-0.05, 0) is 24.1 Å². The summed E-state index contributed by atoms with van der Waals surface area (Å²) in [5.74, 6) is -10.0. The van der Waals surface area contributed by atoms with Gasteiger partial charge in [-0.2, -0.15) is 0 Å². The van der Waals surface area contributed by atoms with E-state index in [1.165, 1.54) is 6.92 Å². The van der Waals surface area contributed by atoms with Gasteiger partial charge < -0.3 is 10.2 Å². The zero-order valence-corrected chi connectivity index (χ0v) is 13.1. The molecule has 2 aromatic carbocycles. The zero-order valence-electron chi connectivity index (χ0n) is 13.1. The van der Waals surface area contributed by atoms with Gasteiger partial charge in [0.15, 0.2) is 23.3 Å². The van der Waals surface area contributed by atoms with Crippen LogP contribution in [0.25, 0.3) is 0 Å². The van der Waals surface area contributed by atoms with Crippen molar-refractivity contribution >= 4 is 17.3 Å². The number of carbonyl (C=O) groups excluding carboxylic acids is 1. The fourth-order valence-electron chi connectivity index (χ4n) is 2.81. The Hall–Kier alpha value is -2.64. The van der Waals surface area contributed by atoms with Crippen LogP contribution in [0.1, 0.15) is 18.1 Å². The number of carbonyl (C=O) groups is 1. The number of anilines is 2. The monoisotopic (exact) mass is 356 g/mol. The summed E-state index contributed by atoms with van der Waals surface area (Å²) >= 11 is 0. The average molecular weight is 356 g/mol. The van der Waals surface area contributed by atoms with Gasteiger partial charge in [-0.1, -0.05) is 6.07 Å². The van der Waals surface area contributed by atoms with Crippen molar-refractivity contribution in [3.63, 3.8) is 0 Å². The molecule has 0 fully saturated rings. The molecule has 1 aliphatic rings. The highest BCUT2D eigenvalue weighted by Crippen LogP contribution is 2.31. The summed E-state index contributed by atoms with van der Waals surface area (Å²) in [5.41, 5.74) is 1.06. The van der Waals surface area contributed by atoms with Crippen molar-refractivity contribution in [1.82, 2.24) is 0 Å². The lowest BCUT2D eigenvalue weighted by Crippen LogP contribution is -2.25. The van der Waals surface area contributed by atoms with E-state index in [0.29, 0.717) is 24.3 Å². The van der Waals surface area contributed by atoms with Crippen LogP contribution in [0.5, 0.6) is 0 Å². The van der Waals surface area contributed by atoms with Gasteiger partial charge in [0.2, 0.25) is 11.7 Å². The first-order valence-electron chi connectivity index (χ1n) is 7.46. The van der Waals surface area contributed by atoms with E-state index in [4.69, 9.17) is 0 Å². The van der Waals surface area contributed by atoms with Crippen molar-refractivity contribution in [2.75, 3.05) is 16.8 Å². The second kappa shape index (κ2) is 6.34. The van der Waals surface area contributed by atoms with Gasteiger partial charge in [-0.15, -0.1) is 0 Å². The van der Waals surface area contributed by atoms with E-state index in [9.17, 15) is 26.7 Å². The maximum atomic E-state index is 13.7. The Kier molecular flexibility index (Phi) is 4.36. The molecule has 0 spiro atoms. The van der Waals surface area contributed by atoms with Gasteiger partial charge in [-0.25, -0.2) is 22.0 Å². The molecule has 8 heteroatoms. The molecule has 0 aliphatic carbocycles. The molecule has 0 bridgehead atoms. The number of nitrogens with one attached hydrogen (secondary N) is 1. The fourth-order valence-corrected chi connectivity index (χ4v) is 2.81. The third-order valence-electron chi connectivity index (χ3n) is 4.13. The molecule has 1 N–H and O–H groups in total. The van der Waals surface area contributed by atoms with Crippen LogP contribution in [-0.2, 0) is 17.8 Å². The van der Waals surface area contributed by atoms with E-state index < -0.39 is 41.2 Å². The SMILES string of the molecule is CC(=O)N1CCc2ccc(NCc3c(F)c(F)c(F)c(F)c3F)cc21. The number of amides is 1. The summed E-state index contributed by atoms with van der Waals surface area (Å²) in [5, 5.41) is 2.63. The molecule has 1 amide bonds. The Balaban J connectivity index is 1.87. The van der Waals surface area contributed by atoms with Crippen LogP contribution in [0, 0.1) is 29.1 Å². The van der Waals surface area contributed by atoms with Crippen molar-refractivity contribution in [2.45, 2.75) is 19.9 Å². The lowest BCUT2D eigenvalue weighted by Gasteiger charge is -2.16. The van der Waals surface area contributed by atoms with Crippen LogP contribution in [0.15, 0.2) is 18.2 Å². The van der Waals surface area contributed by atoms with Crippen LogP contribution in [-0.4, -0.2) is 12.5 Å². The molecule has 0 radical (unpaired) electrons. The number of hydrogen-bond donors (Lipinski definition) is 1. The number of hydrogen-bond acceptors (Lipinski definition) is 2. The number of halogens is 5. The molecule has 3 nitrogen and oxygen atoms in total. The molecule has 3 rings (SSSR count). The second-order valence-corrected chi connectivity index (χ2v) is 5.67. The molecule has 25 heavy (non-hydrogen) atoms. The van der Waals surface area contributed by atoms with Crippen LogP contribution < -0.4 is 10.2 Å². The van der Waals surface area contributed by atoms with Crippen LogP contribution in [0.3, 0.4) is 0 Å². The van der Waals surface area contributed by atoms with Gasteiger partial charge in [-0.3, -0.25) is 4.79 Å². The van der Waals surface area contributed by atoms with Crippen molar-refractivity contribution in [1.29, 1.82) is 0 Å². The first kappa shape index (κ1) is 17.2. The molecule has 0 saturated carbocycles. The molecule has 0 unspecified atom stereocenters. The Morgan fingerprint density at radius 3 is 2.24 bits per heavy atom. The average Bonchev–Trinajstić information content (AvgIpc) is 3.01. The van der Waals surface area contributed by atoms with Crippen molar-refractivity contribution in [2.24, 2.45) is 0 Å². The van der Waals surface area contributed by atoms with Gasteiger partial charge in [0.25, 0.3) is 0 Å². The minimum absolute atomic E-state index is 0.143. The van der Waals surface area contributed by atoms with Crippen molar-refractivity contribution in [3.8, 4) is 0 Å². The van der Waals surface area contributed by atoms with Crippen molar-refractivity contribution in [3.05, 3.63) is 58.4 Å². The third-order valence-corrected chi connectivity index (χ3v) is 4.13. The lowest BCUT2D eigenvalue weighted by molar-refractivity contribution is -0.116. The minimum atomic E-state index is -2.19. The second-order valence-electron chi connectivity index (χ2n) is 5.67. The number of fused-ring (bicyclic) bond motifs is 1. The van der Waals surface area contributed by atoms with E-state index in [-0.39, 0.29) is 5.91 Å². The van der Waals surface area contributed by atoms with Gasteiger partial charge in [0.05, 0.1) is 0 Å². The van der Waals surface area contributed by atoms with Gasteiger partial charge in [0, 0.05) is 37.0 Å². The Labute approximate surface area is 140 Å². The van der Waals surface area contributed by atoms with E-state index in [2.05, 4.69) is 5.32 Å². The first-order valence-corrected chi connectivity index (χ1v) is 7.46. The topological polar surface area (TPSA) is 32.3 Å². The minimum Gasteiger partial charge on any atom is -0.381 e. The maximum absolute atomic E-state index is 13.7. The van der Waals surface area contributed by atoms with E-state index in [1.54, 1.807) is 23.1 Å². The molecule has 132 valence electrons. The zero-order chi connectivity index (χ0) is 18.3. The Bertz CT molecular complexity index is 840. The summed E-state index contributed by atoms with van der Waals surface area (Å²) in [6.45, 7) is 1.36. The number of benzene rings is 2. The highest BCUT2D eigenvalue weighted by atomic mass is 19.2. The third kappa shape index (κ3) is 2.92. The first-order chi connectivity index (χ1) is 11.8. The predicted molar refractivity (Wildman–Crippen MR) is 81.7 cm³/mol. The highest BCUT2D eigenvalue weighted by molar-refractivity contribution is 5.94. The predicted octanol–water partition coefficient (Wildman–Crippen LogP) is 3.90. The molecule has 1 heterocycles. The highest BCUT2D eigenvalue weighted by Gasteiger charge is 2.26. The molecule has 0 aromatic heterocycles. The summed E-state index contributed by atoms with van der Waals surface area (Å²) in [6.07, 6.45) is 0.687. The molecular formula is C17H13F5N2O. The Morgan fingerprint density at radius 2 is 1.64 bits per heavy atom. The van der Waals surface area contributed by atoms with E-state index >= 15 is 0 Å². The molecule has 1 aliphatic heterocycles. The van der Waals surface area contributed by atoms with Crippen molar-refractivity contribution < 1.29 is 26.7 Å². The quantitative estimate of drug-likeness (QED) is 0.514. The largest absolute Gasteiger partial charge is 0.381 e. The number of nitrogens with zero attached hydrogens (tertiary/aromatic N) is 1. The van der Waals surface area contributed by atoms with Crippen LogP contribution in [0.4, 0.5) is 33.3 Å². The molecule has 0 atom stereocenters. The summed E-state index contributed by atoms with van der Waals surface area (Å²) < 4.78 is 66.8. The lowest BCUT2D eigenvalue weighted by atomic mass is 10.1. The van der Waals surface area contributed by atoms with Gasteiger partial charge >= 0.3 is 0 Å².